The van der Waals surface area contributed by atoms with Gasteiger partial charge in [-0.3, -0.25) is 20.4 Å². The lowest BCUT2D eigenvalue weighted by atomic mass is 10.2. The van der Waals surface area contributed by atoms with E-state index in [0.717, 1.165) is 0 Å². The number of halogens is 1. The molecular formula is C18H18ClN3O6S. The molecule has 11 heteroatoms. The van der Waals surface area contributed by atoms with Crippen LogP contribution in [0.3, 0.4) is 0 Å². The first kappa shape index (κ1) is 20.9. The Labute approximate surface area is 172 Å². The van der Waals surface area contributed by atoms with Gasteiger partial charge in [-0.05, 0) is 30.3 Å². The van der Waals surface area contributed by atoms with Crippen molar-refractivity contribution < 1.29 is 27.5 Å². The summed E-state index contributed by atoms with van der Waals surface area (Å²) in [5.74, 6) is -0.204. The summed E-state index contributed by atoms with van der Waals surface area (Å²) in [6, 6.07) is 12.7. The molecule has 0 radical (unpaired) electrons. The summed E-state index contributed by atoms with van der Waals surface area (Å²) in [6.07, 6.45) is -1.11. The average molecular weight is 440 g/mol. The molecule has 1 atom stereocenters. The summed E-state index contributed by atoms with van der Waals surface area (Å²) in [6.45, 7) is -0.162. The van der Waals surface area contributed by atoms with E-state index in [1.807, 2.05) is 0 Å². The summed E-state index contributed by atoms with van der Waals surface area (Å²) in [5, 5.41) is 0.282. The van der Waals surface area contributed by atoms with Crippen LogP contribution in [-0.2, 0) is 19.6 Å². The van der Waals surface area contributed by atoms with E-state index in [1.165, 1.54) is 18.2 Å². The molecule has 0 bridgehead atoms. The number of hydrogen-bond acceptors (Lipinski definition) is 6. The van der Waals surface area contributed by atoms with E-state index < -0.39 is 27.9 Å². The van der Waals surface area contributed by atoms with Crippen LogP contribution >= 0.6 is 11.6 Å². The normalized spacial score (nSPS) is 15.4. The van der Waals surface area contributed by atoms with Crippen LogP contribution in [0.4, 0.5) is 0 Å². The van der Waals surface area contributed by atoms with Crippen molar-refractivity contribution in [3.05, 3.63) is 53.6 Å². The van der Waals surface area contributed by atoms with Crippen molar-refractivity contribution in [1.29, 1.82) is 0 Å². The lowest BCUT2D eigenvalue weighted by Gasteiger charge is -2.25. The van der Waals surface area contributed by atoms with Gasteiger partial charge in [0.15, 0.2) is 11.5 Å². The Morgan fingerprint density at radius 2 is 1.83 bits per heavy atom. The van der Waals surface area contributed by atoms with Crippen molar-refractivity contribution in [2.75, 3.05) is 13.2 Å². The summed E-state index contributed by atoms with van der Waals surface area (Å²) in [4.78, 5) is 24.0. The Kier molecular flexibility index (Phi) is 6.57. The van der Waals surface area contributed by atoms with Gasteiger partial charge in [0.1, 0.15) is 6.61 Å². The maximum absolute atomic E-state index is 12.1. The van der Waals surface area contributed by atoms with Crippen molar-refractivity contribution in [3.8, 4) is 11.5 Å². The van der Waals surface area contributed by atoms with Gasteiger partial charge in [0.2, 0.25) is 22.0 Å². The summed E-state index contributed by atoms with van der Waals surface area (Å²) in [5.41, 5.74) is 4.44. The predicted octanol–water partition coefficient (Wildman–Crippen LogP) is 0.996. The molecule has 2 amide bonds. The molecule has 1 heterocycles. The number of rotatable bonds is 6. The third-order valence-electron chi connectivity index (χ3n) is 3.88. The average Bonchev–Trinajstić information content (AvgIpc) is 2.71. The fourth-order valence-electron chi connectivity index (χ4n) is 2.44. The van der Waals surface area contributed by atoms with E-state index in [2.05, 4.69) is 15.6 Å². The second-order valence-electron chi connectivity index (χ2n) is 6.01. The van der Waals surface area contributed by atoms with Gasteiger partial charge in [-0.25, -0.2) is 13.1 Å². The van der Waals surface area contributed by atoms with Gasteiger partial charge in [0.25, 0.3) is 5.91 Å². The molecule has 0 saturated carbocycles. The van der Waals surface area contributed by atoms with Gasteiger partial charge in [-0.2, -0.15) is 0 Å². The van der Waals surface area contributed by atoms with Crippen LogP contribution in [0, 0.1) is 0 Å². The molecule has 1 aliphatic rings. The Hall–Kier alpha value is -2.82. The minimum absolute atomic E-state index is 0.00183. The van der Waals surface area contributed by atoms with Crippen LogP contribution in [0.1, 0.15) is 6.42 Å². The van der Waals surface area contributed by atoms with Crippen LogP contribution in [0.5, 0.6) is 11.5 Å². The topological polar surface area (TPSA) is 123 Å². The number of carbonyl (C=O) groups is 2. The molecule has 154 valence electrons. The predicted molar refractivity (Wildman–Crippen MR) is 104 cm³/mol. The number of fused-ring (bicyclic) bond motifs is 1. The highest BCUT2D eigenvalue weighted by molar-refractivity contribution is 7.89. The van der Waals surface area contributed by atoms with E-state index in [0.29, 0.717) is 11.5 Å². The van der Waals surface area contributed by atoms with Crippen LogP contribution in [0.25, 0.3) is 0 Å². The molecule has 0 spiro atoms. The molecule has 0 aliphatic carbocycles. The first-order chi connectivity index (χ1) is 13.8. The molecule has 0 aromatic heterocycles. The van der Waals surface area contributed by atoms with E-state index in [9.17, 15) is 18.0 Å². The van der Waals surface area contributed by atoms with Crippen LogP contribution < -0.4 is 25.0 Å². The third-order valence-corrected chi connectivity index (χ3v) is 5.57. The minimum atomic E-state index is -3.79. The van der Waals surface area contributed by atoms with Gasteiger partial charge in [0, 0.05) is 18.0 Å². The molecule has 0 fully saturated rings. The maximum atomic E-state index is 12.1. The van der Waals surface area contributed by atoms with E-state index in [1.54, 1.807) is 30.3 Å². The van der Waals surface area contributed by atoms with Crippen molar-refractivity contribution in [1.82, 2.24) is 15.6 Å². The number of amides is 2. The first-order valence-corrected chi connectivity index (χ1v) is 10.4. The van der Waals surface area contributed by atoms with Gasteiger partial charge < -0.3 is 9.47 Å². The summed E-state index contributed by atoms with van der Waals surface area (Å²) in [7, 11) is -3.79. The Balaban J connectivity index is 1.42. The highest BCUT2D eigenvalue weighted by atomic mass is 35.5. The molecule has 0 saturated heterocycles. The highest BCUT2D eigenvalue weighted by Gasteiger charge is 2.27. The molecule has 3 rings (SSSR count). The van der Waals surface area contributed by atoms with E-state index >= 15 is 0 Å². The number of sulfonamides is 1. The second kappa shape index (κ2) is 9.12. The molecule has 9 nitrogen and oxygen atoms in total. The second-order valence-corrected chi connectivity index (χ2v) is 8.21. The number of ether oxygens (including phenoxy) is 2. The monoisotopic (exact) mass is 439 g/mol. The number of hydrazine groups is 1. The Morgan fingerprint density at radius 1 is 1.07 bits per heavy atom. The van der Waals surface area contributed by atoms with Crippen LogP contribution in [0.15, 0.2) is 53.4 Å². The van der Waals surface area contributed by atoms with Crippen molar-refractivity contribution in [3.63, 3.8) is 0 Å². The molecule has 2 aromatic carbocycles. The quantitative estimate of drug-likeness (QED) is 0.577. The van der Waals surface area contributed by atoms with Gasteiger partial charge in [-0.1, -0.05) is 29.8 Å². The van der Waals surface area contributed by atoms with E-state index in [-0.39, 0.29) is 29.5 Å². The van der Waals surface area contributed by atoms with Crippen LogP contribution in [-0.4, -0.2) is 39.5 Å². The van der Waals surface area contributed by atoms with Crippen molar-refractivity contribution in [2.24, 2.45) is 0 Å². The number of nitrogens with one attached hydrogen (secondary N) is 3. The van der Waals surface area contributed by atoms with Gasteiger partial charge >= 0.3 is 0 Å². The van der Waals surface area contributed by atoms with E-state index in [4.69, 9.17) is 21.1 Å². The SMILES string of the molecule is O=C(CCNS(=O)(=O)c1cccc(Cl)c1)NNC(=O)C1COc2ccccc2O1. The highest BCUT2D eigenvalue weighted by Crippen LogP contribution is 2.30. The first-order valence-electron chi connectivity index (χ1n) is 8.57. The fourth-order valence-corrected chi connectivity index (χ4v) is 3.77. The largest absolute Gasteiger partial charge is 0.485 e. The summed E-state index contributed by atoms with van der Waals surface area (Å²) < 4.78 is 37.5. The standard InChI is InChI=1S/C18H18ClN3O6S/c19-12-4-3-5-13(10-12)29(25,26)20-9-8-17(23)21-22-18(24)16-11-27-14-6-1-2-7-15(14)28-16/h1-7,10,16,20H,8-9,11H2,(H,21,23)(H,22,24). The Morgan fingerprint density at radius 3 is 2.59 bits per heavy atom. The molecule has 1 unspecified atom stereocenters. The minimum Gasteiger partial charge on any atom is -0.485 e. The molecule has 2 aromatic rings. The van der Waals surface area contributed by atoms with Gasteiger partial charge in [-0.15, -0.1) is 0 Å². The van der Waals surface area contributed by atoms with Crippen molar-refractivity contribution >= 4 is 33.4 Å². The zero-order valence-electron chi connectivity index (χ0n) is 15.1. The van der Waals surface area contributed by atoms with Gasteiger partial charge in [0.05, 0.1) is 4.90 Å². The zero-order valence-corrected chi connectivity index (χ0v) is 16.6. The lowest BCUT2D eigenvalue weighted by molar-refractivity contribution is -0.135. The summed E-state index contributed by atoms with van der Waals surface area (Å²) >= 11 is 5.78. The lowest BCUT2D eigenvalue weighted by Crippen LogP contribution is -2.51. The molecule has 1 aliphatic heterocycles. The number of benzene rings is 2. The zero-order chi connectivity index (χ0) is 20.9. The Bertz CT molecular complexity index is 1010. The molecule has 3 N–H and O–H groups in total. The third kappa shape index (κ3) is 5.59. The number of hydrogen-bond donors (Lipinski definition) is 3. The molecule has 29 heavy (non-hydrogen) atoms. The van der Waals surface area contributed by atoms with Crippen molar-refractivity contribution in [2.45, 2.75) is 17.4 Å². The number of carbonyl (C=O) groups excluding carboxylic acids is 2. The molecular weight excluding hydrogens is 422 g/mol. The maximum Gasteiger partial charge on any atom is 0.283 e. The fraction of sp³-hybridized carbons (Fsp3) is 0.222. The number of para-hydroxylation sites is 2. The smallest absolute Gasteiger partial charge is 0.283 e. The van der Waals surface area contributed by atoms with Crippen LogP contribution in [0.2, 0.25) is 5.02 Å².